The van der Waals surface area contributed by atoms with E-state index in [1.807, 2.05) is 0 Å². The molecule has 144 valence electrons. The maximum atomic E-state index is 13.5. The Bertz CT molecular complexity index is 1220. The second-order valence-electron chi connectivity index (χ2n) is 5.79. The fraction of sp³-hybridized carbons (Fsp3) is 0. The quantitative estimate of drug-likeness (QED) is 0.271. The lowest BCUT2D eigenvalue weighted by Gasteiger charge is -2.13. The maximum absolute atomic E-state index is 13.5. The van der Waals surface area contributed by atoms with Crippen LogP contribution in [-0.4, -0.2) is 22.0 Å². The van der Waals surface area contributed by atoms with E-state index in [9.17, 15) is 19.3 Å². The van der Waals surface area contributed by atoms with E-state index >= 15 is 0 Å². The zero-order valence-electron chi connectivity index (χ0n) is 14.6. The van der Waals surface area contributed by atoms with Gasteiger partial charge in [0.15, 0.2) is 0 Å². The Morgan fingerprint density at radius 3 is 2.72 bits per heavy atom. The molecule has 2 aromatic carbocycles. The molecule has 2 aromatic heterocycles. The number of hydrogen-bond acceptors (Lipinski definition) is 7. The van der Waals surface area contributed by atoms with Gasteiger partial charge in [-0.25, -0.2) is 9.37 Å². The first-order valence-electron chi connectivity index (χ1n) is 8.24. The van der Waals surface area contributed by atoms with Crippen LogP contribution in [0.15, 0.2) is 70.4 Å². The molecule has 0 aliphatic carbocycles. The summed E-state index contributed by atoms with van der Waals surface area (Å²) in [5.74, 6) is -0.555. The van der Waals surface area contributed by atoms with Crippen LogP contribution < -0.4 is 5.01 Å². The summed E-state index contributed by atoms with van der Waals surface area (Å²) >= 11 is 1.09. The number of non-ortho nitro benzene ring substituents is 1. The first-order valence-corrected chi connectivity index (χ1v) is 9.05. The maximum Gasteiger partial charge on any atom is 0.280 e. The Morgan fingerprint density at radius 2 is 2.03 bits per heavy atom. The van der Waals surface area contributed by atoms with Gasteiger partial charge in [-0.15, -0.1) is 0 Å². The van der Waals surface area contributed by atoms with E-state index in [0.29, 0.717) is 16.0 Å². The first-order chi connectivity index (χ1) is 14.0. The fourth-order valence-corrected chi connectivity index (χ4v) is 3.44. The number of furan rings is 1. The summed E-state index contributed by atoms with van der Waals surface area (Å²) in [5.41, 5.74) is 0.557. The Labute approximate surface area is 166 Å². The summed E-state index contributed by atoms with van der Waals surface area (Å²) in [6.07, 6.45) is 2.81. The largest absolute Gasteiger partial charge is 0.463 e. The average Bonchev–Trinajstić information content (AvgIpc) is 3.37. The Hall–Kier alpha value is -3.92. The Kier molecular flexibility index (Phi) is 4.83. The molecule has 0 bridgehead atoms. The van der Waals surface area contributed by atoms with E-state index < -0.39 is 16.6 Å². The lowest BCUT2D eigenvalue weighted by Crippen LogP contribution is -2.25. The fourth-order valence-electron chi connectivity index (χ4n) is 2.49. The topological polar surface area (TPSA) is 102 Å². The second-order valence-corrected chi connectivity index (χ2v) is 6.80. The Balaban J connectivity index is 1.74. The lowest BCUT2D eigenvalue weighted by molar-refractivity contribution is -0.384. The van der Waals surface area contributed by atoms with Crippen LogP contribution in [0.3, 0.4) is 0 Å². The van der Waals surface area contributed by atoms with Crippen molar-refractivity contribution in [2.45, 2.75) is 0 Å². The van der Waals surface area contributed by atoms with E-state index in [-0.39, 0.29) is 16.4 Å². The summed E-state index contributed by atoms with van der Waals surface area (Å²) in [4.78, 5) is 27.7. The summed E-state index contributed by atoms with van der Waals surface area (Å²) < 4.78 is 19.3. The van der Waals surface area contributed by atoms with Crippen LogP contribution in [0.1, 0.15) is 16.1 Å². The molecule has 0 atom stereocenters. The molecule has 0 saturated heterocycles. The van der Waals surface area contributed by atoms with Crippen molar-refractivity contribution in [3.05, 3.63) is 88.1 Å². The van der Waals surface area contributed by atoms with Crippen molar-refractivity contribution >= 4 is 44.5 Å². The number of fused-ring (bicyclic) bond motifs is 1. The molecular weight excluding hydrogens is 399 g/mol. The third-order valence-corrected chi connectivity index (χ3v) is 4.88. The van der Waals surface area contributed by atoms with Gasteiger partial charge in [0.2, 0.25) is 5.13 Å². The third kappa shape index (κ3) is 3.87. The molecule has 4 aromatic rings. The van der Waals surface area contributed by atoms with Crippen LogP contribution in [0.4, 0.5) is 15.2 Å². The molecule has 0 aliphatic heterocycles. The van der Waals surface area contributed by atoms with Crippen molar-refractivity contribution in [3.63, 3.8) is 0 Å². The Morgan fingerprint density at radius 1 is 1.24 bits per heavy atom. The standard InChI is InChI=1S/C19H11FN4O4S/c20-13-5-8-16-17(10-13)29-19(22-16)23(21-11-15-2-1-9-28-15)18(25)12-3-6-14(7-4-12)24(26)27/h1-11H/b21-11-. The number of carbonyl (C=O) groups excluding carboxylic acids is 1. The van der Waals surface area contributed by atoms with Crippen LogP contribution in [0.5, 0.6) is 0 Å². The zero-order valence-corrected chi connectivity index (χ0v) is 15.4. The molecule has 4 rings (SSSR count). The van der Waals surface area contributed by atoms with Crippen LogP contribution in [0, 0.1) is 15.9 Å². The van der Waals surface area contributed by atoms with Gasteiger partial charge in [0.25, 0.3) is 11.6 Å². The molecule has 0 fully saturated rings. The predicted molar refractivity (Wildman–Crippen MR) is 106 cm³/mol. The van der Waals surface area contributed by atoms with Gasteiger partial charge in [-0.3, -0.25) is 14.9 Å². The highest BCUT2D eigenvalue weighted by molar-refractivity contribution is 7.22. The normalized spacial score (nSPS) is 11.2. The molecule has 0 radical (unpaired) electrons. The molecule has 0 spiro atoms. The number of hydrogen-bond donors (Lipinski definition) is 0. The number of nitrogens with zero attached hydrogens (tertiary/aromatic N) is 4. The highest BCUT2D eigenvalue weighted by Gasteiger charge is 2.22. The van der Waals surface area contributed by atoms with Crippen molar-refractivity contribution in [2.24, 2.45) is 5.10 Å². The number of rotatable bonds is 5. The van der Waals surface area contributed by atoms with Crippen molar-refractivity contribution < 1.29 is 18.5 Å². The monoisotopic (exact) mass is 410 g/mol. The van der Waals surface area contributed by atoms with Gasteiger partial charge >= 0.3 is 0 Å². The van der Waals surface area contributed by atoms with E-state index in [1.165, 1.54) is 54.9 Å². The molecule has 10 heteroatoms. The van der Waals surface area contributed by atoms with Crippen molar-refractivity contribution in [3.8, 4) is 0 Å². The van der Waals surface area contributed by atoms with Crippen molar-refractivity contribution in [1.29, 1.82) is 0 Å². The minimum absolute atomic E-state index is 0.136. The number of thiazole rings is 1. The number of aromatic nitrogens is 1. The summed E-state index contributed by atoms with van der Waals surface area (Å²) in [7, 11) is 0. The second kappa shape index (κ2) is 7.60. The number of hydrazone groups is 1. The van der Waals surface area contributed by atoms with Gasteiger partial charge in [-0.2, -0.15) is 10.1 Å². The molecular formula is C19H11FN4O4S. The van der Waals surface area contributed by atoms with Gasteiger partial charge in [0.05, 0.1) is 27.6 Å². The summed E-state index contributed by atoms with van der Waals surface area (Å²) in [6.45, 7) is 0. The first kappa shape index (κ1) is 18.4. The van der Waals surface area contributed by atoms with E-state index in [1.54, 1.807) is 12.1 Å². The number of amides is 1. The van der Waals surface area contributed by atoms with Gasteiger partial charge in [-0.05, 0) is 42.5 Å². The minimum atomic E-state index is -0.553. The molecule has 1 amide bonds. The van der Waals surface area contributed by atoms with E-state index in [0.717, 1.165) is 16.3 Å². The summed E-state index contributed by atoms with van der Waals surface area (Å²) in [6, 6.07) is 12.6. The van der Waals surface area contributed by atoms with Crippen LogP contribution in [0.2, 0.25) is 0 Å². The van der Waals surface area contributed by atoms with Crippen LogP contribution in [-0.2, 0) is 0 Å². The van der Waals surface area contributed by atoms with Crippen LogP contribution in [0.25, 0.3) is 10.2 Å². The molecule has 29 heavy (non-hydrogen) atoms. The predicted octanol–water partition coefficient (Wildman–Crippen LogP) is 4.62. The van der Waals surface area contributed by atoms with Crippen molar-refractivity contribution in [1.82, 2.24) is 4.98 Å². The summed E-state index contributed by atoms with van der Waals surface area (Å²) in [5, 5.41) is 16.3. The number of halogens is 1. The van der Waals surface area contributed by atoms with Gasteiger partial charge < -0.3 is 4.42 Å². The zero-order chi connectivity index (χ0) is 20.4. The van der Waals surface area contributed by atoms with Crippen LogP contribution >= 0.6 is 11.3 Å². The number of nitro benzene ring substituents is 1. The SMILES string of the molecule is O=C(c1ccc([N+](=O)[O-])cc1)N(/N=C\c1ccco1)c1nc2ccc(F)cc2s1. The number of nitro groups is 1. The molecule has 2 heterocycles. The number of anilines is 1. The highest BCUT2D eigenvalue weighted by atomic mass is 32.1. The molecule has 0 unspecified atom stereocenters. The number of benzene rings is 2. The lowest BCUT2D eigenvalue weighted by atomic mass is 10.2. The number of carbonyl (C=O) groups is 1. The third-order valence-electron chi connectivity index (χ3n) is 3.88. The van der Waals surface area contributed by atoms with E-state index in [2.05, 4.69) is 10.1 Å². The highest BCUT2D eigenvalue weighted by Crippen LogP contribution is 2.30. The van der Waals surface area contributed by atoms with E-state index in [4.69, 9.17) is 4.42 Å². The smallest absolute Gasteiger partial charge is 0.280 e. The van der Waals surface area contributed by atoms with Gasteiger partial charge in [-0.1, -0.05) is 11.3 Å². The molecule has 8 nitrogen and oxygen atoms in total. The van der Waals surface area contributed by atoms with Gasteiger partial charge in [0.1, 0.15) is 11.6 Å². The minimum Gasteiger partial charge on any atom is -0.463 e. The molecule has 0 aliphatic rings. The van der Waals surface area contributed by atoms with Gasteiger partial charge in [0, 0.05) is 17.7 Å². The average molecular weight is 410 g/mol. The van der Waals surface area contributed by atoms with Crippen molar-refractivity contribution in [2.75, 3.05) is 5.01 Å². The molecule has 0 saturated carbocycles. The molecule has 0 N–H and O–H groups in total.